The van der Waals surface area contributed by atoms with E-state index >= 15 is 0 Å². The second-order valence-corrected chi connectivity index (χ2v) is 7.18. The van der Waals surface area contributed by atoms with Crippen molar-refractivity contribution in [1.29, 1.82) is 0 Å². The van der Waals surface area contributed by atoms with E-state index in [9.17, 15) is 4.79 Å². The predicted molar refractivity (Wildman–Crippen MR) is 117 cm³/mol. The summed E-state index contributed by atoms with van der Waals surface area (Å²) < 4.78 is 18.2. The summed E-state index contributed by atoms with van der Waals surface area (Å²) >= 11 is 6.94. The van der Waals surface area contributed by atoms with Gasteiger partial charge in [-0.25, -0.2) is 5.43 Å². The molecule has 0 unspecified atom stereocenters. The lowest BCUT2D eigenvalue weighted by Crippen LogP contribution is -2.17. The van der Waals surface area contributed by atoms with Crippen LogP contribution in [0.2, 0.25) is 0 Å². The topological polar surface area (TPSA) is 69.2 Å². The van der Waals surface area contributed by atoms with Gasteiger partial charge in [-0.2, -0.15) is 5.10 Å². The Bertz CT molecular complexity index is 833. The third-order valence-corrected chi connectivity index (χ3v) is 4.67. The Labute approximate surface area is 181 Å². The van der Waals surface area contributed by atoms with Crippen LogP contribution in [0.5, 0.6) is 17.2 Å². The van der Waals surface area contributed by atoms with Crippen molar-refractivity contribution < 1.29 is 19.0 Å². The fraction of sp³-hybridized carbons (Fsp3) is 0.300. The lowest BCUT2D eigenvalue weighted by molar-refractivity contribution is 0.0954. The van der Waals surface area contributed by atoms with Gasteiger partial charge in [0, 0.05) is 5.56 Å². The Hall–Kier alpha value is -2.06. The molecule has 2 aromatic carbocycles. The molecule has 0 heterocycles. The highest BCUT2D eigenvalue weighted by Gasteiger charge is 2.11. The second-order valence-electron chi connectivity index (χ2n) is 5.47. The fourth-order valence-corrected chi connectivity index (χ4v) is 3.81. The van der Waals surface area contributed by atoms with Gasteiger partial charge in [0.2, 0.25) is 0 Å². The predicted octanol–water partition coefficient (Wildman–Crippen LogP) is 5.17. The van der Waals surface area contributed by atoms with Crippen molar-refractivity contribution in [3.8, 4) is 17.2 Å². The molecule has 8 heteroatoms. The van der Waals surface area contributed by atoms with Crippen LogP contribution in [0.25, 0.3) is 0 Å². The van der Waals surface area contributed by atoms with Crippen molar-refractivity contribution >= 4 is 44.0 Å². The number of benzene rings is 2. The van der Waals surface area contributed by atoms with Gasteiger partial charge in [0.1, 0.15) is 5.75 Å². The van der Waals surface area contributed by atoms with Gasteiger partial charge in [-0.05, 0) is 88.5 Å². The zero-order chi connectivity index (χ0) is 20.5. The Morgan fingerprint density at radius 3 is 2.18 bits per heavy atom. The van der Waals surface area contributed by atoms with Crippen LogP contribution in [0.4, 0.5) is 0 Å². The van der Waals surface area contributed by atoms with E-state index < -0.39 is 0 Å². The van der Waals surface area contributed by atoms with Crippen molar-refractivity contribution in [2.75, 3.05) is 19.8 Å². The molecular weight excluding hydrogens is 492 g/mol. The van der Waals surface area contributed by atoms with E-state index in [4.69, 9.17) is 14.2 Å². The molecule has 0 bridgehead atoms. The standard InChI is InChI=1S/C20H22Br2N2O4/c1-4-26-17-8-7-14(11-18(17)27-5-2)20(25)24-23-12-13-9-15(21)19(28-6-3)16(22)10-13/h7-12H,4-6H2,1-3H3,(H,24,25)/b23-12+. The highest BCUT2D eigenvalue weighted by molar-refractivity contribution is 9.11. The Kier molecular flexibility index (Phi) is 8.79. The van der Waals surface area contributed by atoms with Crippen LogP contribution < -0.4 is 19.6 Å². The Morgan fingerprint density at radius 1 is 0.964 bits per heavy atom. The van der Waals surface area contributed by atoms with E-state index in [1.807, 2.05) is 32.9 Å². The van der Waals surface area contributed by atoms with Crippen molar-refractivity contribution in [3.63, 3.8) is 0 Å². The SMILES string of the molecule is CCOc1ccc(C(=O)N/N=C/c2cc(Br)c(OCC)c(Br)c2)cc1OCC. The largest absolute Gasteiger partial charge is 0.492 e. The number of carbonyl (C=O) groups is 1. The minimum Gasteiger partial charge on any atom is -0.492 e. The first-order valence-electron chi connectivity index (χ1n) is 8.85. The number of hydrogen-bond acceptors (Lipinski definition) is 5. The maximum Gasteiger partial charge on any atom is 0.271 e. The molecule has 150 valence electrons. The Balaban J connectivity index is 2.10. The van der Waals surface area contributed by atoms with E-state index in [0.717, 1.165) is 20.3 Å². The average Bonchev–Trinajstić information content (AvgIpc) is 2.66. The van der Waals surface area contributed by atoms with E-state index in [2.05, 4.69) is 42.4 Å². The van der Waals surface area contributed by atoms with Gasteiger partial charge < -0.3 is 14.2 Å². The molecule has 28 heavy (non-hydrogen) atoms. The van der Waals surface area contributed by atoms with Crippen LogP contribution in [0.3, 0.4) is 0 Å². The monoisotopic (exact) mass is 512 g/mol. The van der Waals surface area contributed by atoms with Crippen LogP contribution in [-0.2, 0) is 0 Å². The highest BCUT2D eigenvalue weighted by Crippen LogP contribution is 2.34. The number of nitrogens with zero attached hydrogens (tertiary/aromatic N) is 1. The minimum atomic E-state index is -0.343. The molecule has 0 aromatic heterocycles. The summed E-state index contributed by atoms with van der Waals surface area (Å²) in [5.41, 5.74) is 3.74. The van der Waals surface area contributed by atoms with Gasteiger partial charge in [0.05, 0.1) is 35.0 Å². The quantitative estimate of drug-likeness (QED) is 0.371. The smallest absolute Gasteiger partial charge is 0.271 e. The zero-order valence-electron chi connectivity index (χ0n) is 15.9. The van der Waals surface area contributed by atoms with Crippen LogP contribution in [-0.4, -0.2) is 31.9 Å². The van der Waals surface area contributed by atoms with Crippen molar-refractivity contribution in [1.82, 2.24) is 5.43 Å². The molecule has 2 aromatic rings. The highest BCUT2D eigenvalue weighted by atomic mass is 79.9. The fourth-order valence-electron chi connectivity index (χ4n) is 2.36. The second kappa shape index (κ2) is 11.1. The summed E-state index contributed by atoms with van der Waals surface area (Å²) in [7, 11) is 0. The van der Waals surface area contributed by atoms with Gasteiger partial charge in [-0.3, -0.25) is 4.79 Å². The van der Waals surface area contributed by atoms with Gasteiger partial charge in [-0.1, -0.05) is 0 Å². The first-order valence-corrected chi connectivity index (χ1v) is 10.4. The zero-order valence-corrected chi connectivity index (χ0v) is 19.1. The number of hydrogen-bond donors (Lipinski definition) is 1. The first kappa shape index (κ1) is 22.2. The third-order valence-electron chi connectivity index (χ3n) is 3.49. The van der Waals surface area contributed by atoms with Crippen molar-refractivity contribution in [2.24, 2.45) is 5.10 Å². The summed E-state index contributed by atoms with van der Waals surface area (Å²) in [5.74, 6) is 1.51. The van der Waals surface area contributed by atoms with Crippen LogP contribution in [0, 0.1) is 0 Å². The Morgan fingerprint density at radius 2 is 1.57 bits per heavy atom. The molecule has 0 aliphatic carbocycles. The maximum absolute atomic E-state index is 12.4. The molecule has 0 aliphatic rings. The van der Waals surface area contributed by atoms with Crippen molar-refractivity contribution in [2.45, 2.75) is 20.8 Å². The summed E-state index contributed by atoms with van der Waals surface area (Å²) in [5, 5.41) is 4.03. The number of nitrogens with one attached hydrogen (secondary N) is 1. The normalized spacial score (nSPS) is 10.8. The van der Waals surface area contributed by atoms with E-state index in [1.165, 1.54) is 0 Å². The van der Waals surface area contributed by atoms with Crippen LogP contribution in [0.1, 0.15) is 36.7 Å². The van der Waals surface area contributed by atoms with E-state index in [-0.39, 0.29) is 5.91 Å². The van der Waals surface area contributed by atoms with Crippen LogP contribution >= 0.6 is 31.9 Å². The summed E-state index contributed by atoms with van der Waals surface area (Å²) in [6.07, 6.45) is 1.56. The lowest BCUT2D eigenvalue weighted by atomic mass is 10.2. The summed E-state index contributed by atoms with van der Waals surface area (Å²) in [6, 6.07) is 8.74. The molecule has 0 fully saturated rings. The number of rotatable bonds is 9. The first-order chi connectivity index (χ1) is 13.5. The molecule has 0 saturated carbocycles. The molecule has 1 N–H and O–H groups in total. The molecule has 0 radical (unpaired) electrons. The van der Waals surface area contributed by atoms with E-state index in [0.29, 0.717) is 36.9 Å². The molecule has 6 nitrogen and oxygen atoms in total. The summed E-state index contributed by atoms with van der Waals surface area (Å²) in [6.45, 7) is 7.24. The van der Waals surface area contributed by atoms with E-state index in [1.54, 1.807) is 24.4 Å². The third kappa shape index (κ3) is 5.97. The number of halogens is 2. The molecule has 0 aliphatic heterocycles. The molecular formula is C20H22Br2N2O4. The van der Waals surface area contributed by atoms with Gasteiger partial charge in [-0.15, -0.1) is 0 Å². The number of carbonyl (C=O) groups excluding carboxylic acids is 1. The van der Waals surface area contributed by atoms with Crippen LogP contribution in [0.15, 0.2) is 44.4 Å². The average molecular weight is 514 g/mol. The minimum absolute atomic E-state index is 0.343. The lowest BCUT2D eigenvalue weighted by Gasteiger charge is -2.11. The number of hydrazone groups is 1. The molecule has 1 amide bonds. The molecule has 0 saturated heterocycles. The molecule has 0 spiro atoms. The van der Waals surface area contributed by atoms with Gasteiger partial charge >= 0.3 is 0 Å². The number of ether oxygens (including phenoxy) is 3. The van der Waals surface area contributed by atoms with Gasteiger partial charge in [0.25, 0.3) is 5.91 Å². The summed E-state index contributed by atoms with van der Waals surface area (Å²) in [4.78, 5) is 12.4. The molecule has 0 atom stereocenters. The van der Waals surface area contributed by atoms with Gasteiger partial charge in [0.15, 0.2) is 11.5 Å². The molecule has 2 rings (SSSR count). The maximum atomic E-state index is 12.4. The number of amides is 1. The van der Waals surface area contributed by atoms with Crippen molar-refractivity contribution in [3.05, 3.63) is 50.4 Å².